The fourth-order valence-corrected chi connectivity index (χ4v) is 7.30. The van der Waals surface area contributed by atoms with Gasteiger partial charge < -0.3 is 10.2 Å². The van der Waals surface area contributed by atoms with Gasteiger partial charge in [-0.25, -0.2) is 0 Å². The molecule has 2 nitrogen and oxygen atoms in total. The number of aromatic hydroxyl groups is 1. The fourth-order valence-electron chi connectivity index (χ4n) is 7.30. The predicted octanol–water partition coefficient (Wildman–Crippen LogP) is 4.14. The molecule has 4 aliphatic rings. The van der Waals surface area contributed by atoms with Crippen LogP contribution in [0.25, 0.3) is 0 Å². The van der Waals surface area contributed by atoms with E-state index in [-0.39, 0.29) is 11.0 Å². The van der Waals surface area contributed by atoms with Crippen LogP contribution < -0.4 is 0 Å². The second-order valence-electron chi connectivity index (χ2n) is 8.69. The molecule has 0 unspecified atom stereocenters. The Hall–Kier alpha value is -1.02. The van der Waals surface area contributed by atoms with Gasteiger partial charge in [-0.05, 0) is 91.9 Å². The summed E-state index contributed by atoms with van der Waals surface area (Å²) in [5.41, 5.74) is 3.00. The van der Waals surface area contributed by atoms with Gasteiger partial charge in [-0.3, -0.25) is 0 Å². The van der Waals surface area contributed by atoms with E-state index in [1.165, 1.54) is 43.2 Å². The first-order valence-electron chi connectivity index (χ1n) is 9.03. The summed E-state index contributed by atoms with van der Waals surface area (Å²) >= 11 is 0. The van der Waals surface area contributed by atoms with E-state index in [1.807, 2.05) is 12.1 Å². The average molecular weight is 298 g/mol. The van der Waals surface area contributed by atoms with Gasteiger partial charge >= 0.3 is 0 Å². The van der Waals surface area contributed by atoms with Crippen LogP contribution in [0.1, 0.15) is 68.9 Å². The van der Waals surface area contributed by atoms with Crippen LogP contribution >= 0.6 is 0 Å². The molecule has 0 saturated heterocycles. The largest absolute Gasteiger partial charge is 0.508 e. The number of benzene rings is 1. The van der Waals surface area contributed by atoms with Crippen molar-refractivity contribution in [2.24, 2.45) is 16.7 Å². The lowest BCUT2D eigenvalue weighted by molar-refractivity contribution is -0.101. The lowest BCUT2D eigenvalue weighted by Gasteiger charge is -2.56. The summed E-state index contributed by atoms with van der Waals surface area (Å²) in [4.78, 5) is 0. The summed E-state index contributed by atoms with van der Waals surface area (Å²) in [6.07, 6.45) is 9.23. The highest BCUT2D eigenvalue weighted by molar-refractivity contribution is 5.41. The molecule has 2 N–H and O–H groups in total. The lowest BCUT2D eigenvalue weighted by Crippen LogP contribution is -2.51. The molecule has 3 atom stereocenters. The second-order valence-corrected chi connectivity index (χ2v) is 8.69. The van der Waals surface area contributed by atoms with Gasteiger partial charge in [0.1, 0.15) is 5.75 Å². The summed E-state index contributed by atoms with van der Waals surface area (Å²) < 4.78 is 0. The standard InChI is InChI=1S/C20H26O2/c1-18-7-6-16-15-4-3-14(21)12-13(15)2-5-17(16)19(18)8-10-20(18,22)11-9-19/h3-4,12,16-17,21-22H,2,5-11H2,1H3/t16-,17+,18+,19?,20?/m0/s1. The first-order valence-corrected chi connectivity index (χ1v) is 9.03. The minimum atomic E-state index is -0.382. The molecule has 3 fully saturated rings. The van der Waals surface area contributed by atoms with Crippen LogP contribution in [-0.4, -0.2) is 15.8 Å². The number of aliphatic hydroxyl groups is 1. The monoisotopic (exact) mass is 298 g/mol. The maximum Gasteiger partial charge on any atom is 0.115 e. The van der Waals surface area contributed by atoms with Gasteiger partial charge in [-0.1, -0.05) is 13.0 Å². The molecule has 0 aromatic heterocycles. The van der Waals surface area contributed by atoms with Crippen molar-refractivity contribution in [2.45, 2.75) is 69.8 Å². The van der Waals surface area contributed by atoms with E-state index in [1.54, 1.807) is 0 Å². The van der Waals surface area contributed by atoms with Crippen LogP contribution in [0.2, 0.25) is 0 Å². The van der Waals surface area contributed by atoms with Crippen LogP contribution in [0.3, 0.4) is 0 Å². The molecule has 0 amide bonds. The Kier molecular flexibility index (Phi) is 2.38. The molecular formula is C20H26O2. The quantitative estimate of drug-likeness (QED) is 0.755. The van der Waals surface area contributed by atoms with Crippen molar-refractivity contribution in [3.05, 3.63) is 29.3 Å². The number of fused-ring (bicyclic) bond motifs is 3. The minimum absolute atomic E-state index is 0.148. The third kappa shape index (κ3) is 1.29. The van der Waals surface area contributed by atoms with Crippen LogP contribution in [-0.2, 0) is 6.42 Å². The van der Waals surface area contributed by atoms with Crippen molar-refractivity contribution in [2.75, 3.05) is 0 Å². The first-order chi connectivity index (χ1) is 10.5. The van der Waals surface area contributed by atoms with Crippen LogP contribution in [0, 0.1) is 16.7 Å². The Balaban J connectivity index is 1.62. The molecule has 4 aliphatic carbocycles. The van der Waals surface area contributed by atoms with Crippen LogP contribution in [0.15, 0.2) is 18.2 Å². The lowest BCUT2D eigenvalue weighted by atomic mass is 9.48. The zero-order chi connectivity index (χ0) is 15.2. The highest BCUT2D eigenvalue weighted by Crippen LogP contribution is 2.77. The molecular weight excluding hydrogens is 272 g/mol. The molecule has 0 aliphatic heterocycles. The van der Waals surface area contributed by atoms with E-state index in [0.717, 1.165) is 25.2 Å². The van der Waals surface area contributed by atoms with E-state index in [2.05, 4.69) is 13.0 Å². The van der Waals surface area contributed by atoms with Gasteiger partial charge in [0.2, 0.25) is 0 Å². The summed E-state index contributed by atoms with van der Waals surface area (Å²) in [6, 6.07) is 6.03. The third-order valence-corrected chi connectivity index (χ3v) is 8.50. The Bertz CT molecular complexity index is 641. The second kappa shape index (κ2) is 3.90. The fraction of sp³-hybridized carbons (Fsp3) is 0.700. The van der Waals surface area contributed by atoms with Crippen molar-refractivity contribution in [1.29, 1.82) is 0 Å². The molecule has 22 heavy (non-hydrogen) atoms. The number of hydrogen-bond acceptors (Lipinski definition) is 2. The molecule has 3 saturated carbocycles. The van der Waals surface area contributed by atoms with Crippen molar-refractivity contribution >= 4 is 0 Å². The van der Waals surface area contributed by atoms with Gasteiger partial charge in [0, 0.05) is 5.41 Å². The van der Waals surface area contributed by atoms with E-state index < -0.39 is 0 Å². The highest BCUT2D eigenvalue weighted by Gasteiger charge is 2.73. The van der Waals surface area contributed by atoms with Gasteiger partial charge in [-0.15, -0.1) is 0 Å². The van der Waals surface area contributed by atoms with Gasteiger partial charge in [0.15, 0.2) is 0 Å². The van der Waals surface area contributed by atoms with Crippen LogP contribution in [0.5, 0.6) is 5.75 Å². The topological polar surface area (TPSA) is 40.5 Å². The molecule has 1 aromatic rings. The highest BCUT2D eigenvalue weighted by atomic mass is 16.3. The van der Waals surface area contributed by atoms with Crippen molar-refractivity contribution in [3.8, 4) is 5.75 Å². The number of hydrogen-bond donors (Lipinski definition) is 2. The Morgan fingerprint density at radius 1 is 1.05 bits per heavy atom. The van der Waals surface area contributed by atoms with Crippen LogP contribution in [0.4, 0.5) is 0 Å². The minimum Gasteiger partial charge on any atom is -0.508 e. The zero-order valence-electron chi connectivity index (χ0n) is 13.4. The third-order valence-electron chi connectivity index (χ3n) is 8.50. The molecule has 0 radical (unpaired) electrons. The van der Waals surface area contributed by atoms with Gasteiger partial charge in [0.25, 0.3) is 0 Å². The van der Waals surface area contributed by atoms with Crippen molar-refractivity contribution < 1.29 is 10.2 Å². The molecule has 118 valence electrons. The molecule has 5 rings (SSSR count). The van der Waals surface area contributed by atoms with E-state index in [0.29, 0.717) is 17.1 Å². The zero-order valence-corrected chi connectivity index (χ0v) is 13.4. The summed E-state index contributed by atoms with van der Waals surface area (Å²) in [6.45, 7) is 2.40. The Morgan fingerprint density at radius 3 is 2.59 bits per heavy atom. The molecule has 1 aromatic carbocycles. The van der Waals surface area contributed by atoms with E-state index in [4.69, 9.17) is 0 Å². The SMILES string of the molecule is C[C@@]12CC[C@H]3c4ccc(O)cc4CC[C@H]3C13CCC2(O)CC3. The maximum absolute atomic E-state index is 11.2. The smallest absolute Gasteiger partial charge is 0.115 e. The van der Waals surface area contributed by atoms with Crippen molar-refractivity contribution in [3.63, 3.8) is 0 Å². The summed E-state index contributed by atoms with van der Waals surface area (Å²) in [5, 5.41) is 21.0. The van der Waals surface area contributed by atoms with Crippen molar-refractivity contribution in [1.82, 2.24) is 0 Å². The average Bonchev–Trinajstić information content (AvgIpc) is 2.88. The number of phenols is 1. The Morgan fingerprint density at radius 2 is 1.82 bits per heavy atom. The molecule has 0 spiro atoms. The maximum atomic E-state index is 11.2. The number of phenolic OH excluding ortho intramolecular Hbond substituents is 1. The number of rotatable bonds is 0. The summed E-state index contributed by atoms with van der Waals surface area (Å²) in [7, 11) is 0. The first kappa shape index (κ1) is 13.4. The van der Waals surface area contributed by atoms with E-state index in [9.17, 15) is 10.2 Å². The predicted molar refractivity (Wildman–Crippen MR) is 85.9 cm³/mol. The number of aryl methyl sites for hydroxylation is 1. The molecule has 0 heterocycles. The molecule has 2 bridgehead atoms. The van der Waals surface area contributed by atoms with Gasteiger partial charge in [-0.2, -0.15) is 0 Å². The molecule has 2 heteroatoms. The Labute approximate surface area is 132 Å². The van der Waals surface area contributed by atoms with E-state index >= 15 is 0 Å². The normalized spacial score (nSPS) is 48.6. The van der Waals surface area contributed by atoms with Gasteiger partial charge in [0.05, 0.1) is 5.60 Å². The summed E-state index contributed by atoms with van der Waals surface area (Å²) in [5.74, 6) is 1.80.